The van der Waals surface area contributed by atoms with Crippen molar-refractivity contribution in [3.8, 4) is 29.0 Å². The summed E-state index contributed by atoms with van der Waals surface area (Å²) in [6, 6.07) is 11.8. The van der Waals surface area contributed by atoms with Crippen molar-refractivity contribution >= 4 is 22.9 Å². The molecule has 9 heteroatoms. The molecule has 1 aliphatic carbocycles. The van der Waals surface area contributed by atoms with Crippen LogP contribution in [0, 0.1) is 11.8 Å². The fraction of sp³-hybridized carbons (Fsp3) is 0.174. The van der Waals surface area contributed by atoms with Crippen molar-refractivity contribution in [2.75, 3.05) is 5.32 Å². The number of nitrogens with zero attached hydrogens (tertiary/aromatic N) is 4. The van der Waals surface area contributed by atoms with E-state index < -0.39 is 5.91 Å². The van der Waals surface area contributed by atoms with Crippen molar-refractivity contribution in [1.29, 1.82) is 0 Å². The van der Waals surface area contributed by atoms with E-state index in [-0.39, 0.29) is 11.3 Å². The zero-order valence-corrected chi connectivity index (χ0v) is 17.7. The first-order valence-electron chi connectivity index (χ1n) is 10.1. The predicted molar refractivity (Wildman–Crippen MR) is 120 cm³/mol. The number of aromatic nitrogens is 5. The van der Waals surface area contributed by atoms with E-state index in [0.29, 0.717) is 23.0 Å². The van der Waals surface area contributed by atoms with Gasteiger partial charge in [0.25, 0.3) is 5.91 Å². The number of tetrazole rings is 1. The lowest BCUT2D eigenvalue weighted by Gasteiger charge is -2.22. The predicted octanol–water partition coefficient (Wildman–Crippen LogP) is 3.95. The number of thiazole rings is 1. The van der Waals surface area contributed by atoms with Gasteiger partial charge in [0, 0.05) is 28.1 Å². The molecule has 1 aliphatic rings. The van der Waals surface area contributed by atoms with Crippen LogP contribution in [0.4, 0.5) is 5.69 Å². The second-order valence-corrected chi connectivity index (χ2v) is 8.32. The van der Waals surface area contributed by atoms with Gasteiger partial charge in [0.2, 0.25) is 5.82 Å². The van der Waals surface area contributed by atoms with E-state index in [4.69, 9.17) is 0 Å². The van der Waals surface area contributed by atoms with Crippen LogP contribution in [-0.2, 0) is 0 Å². The van der Waals surface area contributed by atoms with Crippen molar-refractivity contribution in [1.82, 2.24) is 25.6 Å². The molecule has 3 N–H and O–H groups in total. The van der Waals surface area contributed by atoms with Crippen LogP contribution in [0.25, 0.3) is 11.4 Å². The second-order valence-electron chi connectivity index (χ2n) is 7.46. The SMILES string of the molecule is O=C(Nc1cccc(C#Cc2nc(C3CCC3)cs2)c1)c1ccc(-c2nn[nH]n2)cc1O. The maximum Gasteiger partial charge on any atom is 0.259 e. The number of benzene rings is 2. The molecule has 2 aromatic heterocycles. The van der Waals surface area contributed by atoms with Gasteiger partial charge in [0.15, 0.2) is 5.01 Å². The molecule has 0 bridgehead atoms. The van der Waals surface area contributed by atoms with Crippen LogP contribution in [-0.4, -0.2) is 36.6 Å². The molecular formula is C23H18N6O2S. The van der Waals surface area contributed by atoms with Gasteiger partial charge in [-0.3, -0.25) is 4.79 Å². The van der Waals surface area contributed by atoms with Crippen molar-refractivity contribution in [3.05, 3.63) is 69.7 Å². The van der Waals surface area contributed by atoms with Gasteiger partial charge in [-0.1, -0.05) is 18.4 Å². The third kappa shape index (κ3) is 4.22. The lowest BCUT2D eigenvalue weighted by atomic mass is 9.83. The van der Waals surface area contributed by atoms with E-state index in [1.54, 1.807) is 29.5 Å². The molecule has 1 saturated carbocycles. The highest BCUT2D eigenvalue weighted by molar-refractivity contribution is 7.10. The Morgan fingerprint density at radius 1 is 1.19 bits per heavy atom. The van der Waals surface area contributed by atoms with E-state index in [9.17, 15) is 9.90 Å². The van der Waals surface area contributed by atoms with Crippen LogP contribution in [0.15, 0.2) is 47.8 Å². The number of hydrogen-bond acceptors (Lipinski definition) is 7. The van der Waals surface area contributed by atoms with Gasteiger partial charge in [-0.05, 0) is 60.4 Å². The summed E-state index contributed by atoms with van der Waals surface area (Å²) in [5, 5.41) is 29.5. The number of anilines is 1. The van der Waals surface area contributed by atoms with Crippen molar-refractivity contribution in [2.45, 2.75) is 25.2 Å². The van der Waals surface area contributed by atoms with Crippen molar-refractivity contribution in [2.24, 2.45) is 0 Å². The summed E-state index contributed by atoms with van der Waals surface area (Å²) in [4.78, 5) is 17.3. The van der Waals surface area contributed by atoms with Crippen molar-refractivity contribution in [3.63, 3.8) is 0 Å². The lowest BCUT2D eigenvalue weighted by Crippen LogP contribution is -2.12. The zero-order chi connectivity index (χ0) is 21.9. The van der Waals surface area contributed by atoms with Crippen LogP contribution in [0.3, 0.4) is 0 Å². The highest BCUT2D eigenvalue weighted by Crippen LogP contribution is 2.36. The quantitative estimate of drug-likeness (QED) is 0.412. The van der Waals surface area contributed by atoms with Crippen LogP contribution in [0.1, 0.15) is 51.8 Å². The molecule has 5 rings (SSSR count). The Bertz CT molecular complexity index is 1330. The van der Waals surface area contributed by atoms with Crippen LogP contribution < -0.4 is 5.32 Å². The number of carbonyl (C=O) groups excluding carboxylic acids is 1. The Morgan fingerprint density at radius 2 is 2.09 bits per heavy atom. The Morgan fingerprint density at radius 3 is 2.84 bits per heavy atom. The standard InChI is InChI=1S/C23H18N6O2S/c30-20-12-16(22-26-28-29-27-22)8-9-18(20)23(31)24-17-6-1-3-14(11-17)7-10-21-25-19(13-32-21)15-4-2-5-15/h1,3,6,8-9,11-13,15,30H,2,4-5H2,(H,24,31)(H,26,27,28,29). The normalized spacial score (nSPS) is 13.1. The Balaban J connectivity index is 1.29. The Labute approximate surface area is 187 Å². The van der Waals surface area contributed by atoms with Gasteiger partial charge >= 0.3 is 0 Å². The maximum atomic E-state index is 12.7. The number of amides is 1. The first-order chi connectivity index (χ1) is 15.7. The molecule has 2 aromatic carbocycles. The summed E-state index contributed by atoms with van der Waals surface area (Å²) in [6.07, 6.45) is 3.71. The first-order valence-corrected chi connectivity index (χ1v) is 11.0. The number of aromatic amines is 1. The van der Waals surface area contributed by atoms with E-state index in [1.807, 2.05) is 12.1 Å². The third-order valence-electron chi connectivity index (χ3n) is 5.33. The van der Waals surface area contributed by atoms with Gasteiger partial charge in [0.05, 0.1) is 11.3 Å². The summed E-state index contributed by atoms with van der Waals surface area (Å²) in [6.45, 7) is 0. The minimum Gasteiger partial charge on any atom is -0.507 e. The molecule has 0 radical (unpaired) electrons. The molecule has 32 heavy (non-hydrogen) atoms. The molecule has 1 fully saturated rings. The molecular weight excluding hydrogens is 424 g/mol. The third-order valence-corrected chi connectivity index (χ3v) is 6.10. The number of nitrogens with one attached hydrogen (secondary N) is 2. The number of H-pyrrole nitrogens is 1. The van der Waals surface area contributed by atoms with Crippen LogP contribution in [0.2, 0.25) is 0 Å². The summed E-state index contributed by atoms with van der Waals surface area (Å²) in [5.74, 6) is 6.54. The molecule has 8 nitrogen and oxygen atoms in total. The van der Waals surface area contributed by atoms with E-state index in [2.05, 4.69) is 48.1 Å². The van der Waals surface area contributed by atoms with E-state index in [0.717, 1.165) is 16.3 Å². The van der Waals surface area contributed by atoms with Crippen molar-refractivity contribution < 1.29 is 9.90 Å². The molecule has 1 amide bonds. The molecule has 0 aliphatic heterocycles. The summed E-state index contributed by atoms with van der Waals surface area (Å²) in [7, 11) is 0. The van der Waals surface area contributed by atoms with Gasteiger partial charge in [0.1, 0.15) is 5.75 Å². The fourth-order valence-corrected chi connectivity index (χ4v) is 4.13. The maximum absolute atomic E-state index is 12.7. The monoisotopic (exact) mass is 442 g/mol. The minimum absolute atomic E-state index is 0.139. The number of phenolic OH excluding ortho intramolecular Hbond substituents is 1. The van der Waals surface area contributed by atoms with Crippen LogP contribution >= 0.6 is 11.3 Å². The Hall–Kier alpha value is -4.03. The second kappa shape index (κ2) is 8.61. The summed E-state index contributed by atoms with van der Waals surface area (Å²) >= 11 is 1.56. The highest BCUT2D eigenvalue weighted by Gasteiger charge is 2.21. The van der Waals surface area contributed by atoms with E-state index in [1.165, 1.54) is 31.4 Å². The molecule has 158 valence electrons. The van der Waals surface area contributed by atoms with Gasteiger partial charge in [-0.25, -0.2) is 4.98 Å². The number of hydrogen-bond donors (Lipinski definition) is 3. The minimum atomic E-state index is -0.433. The molecule has 0 saturated heterocycles. The fourth-order valence-electron chi connectivity index (χ4n) is 3.38. The first kappa shape index (κ1) is 19.9. The number of aromatic hydroxyl groups is 1. The largest absolute Gasteiger partial charge is 0.507 e. The molecule has 2 heterocycles. The van der Waals surface area contributed by atoms with E-state index >= 15 is 0 Å². The molecule has 4 aromatic rings. The smallest absolute Gasteiger partial charge is 0.259 e. The van der Waals surface area contributed by atoms with Gasteiger partial charge < -0.3 is 10.4 Å². The Kier molecular flexibility index (Phi) is 5.35. The van der Waals surface area contributed by atoms with Crippen LogP contribution in [0.5, 0.6) is 5.75 Å². The molecule has 0 atom stereocenters. The van der Waals surface area contributed by atoms with Gasteiger partial charge in [-0.15, -0.1) is 21.5 Å². The number of carbonyl (C=O) groups is 1. The molecule has 0 unspecified atom stereocenters. The summed E-state index contributed by atoms with van der Waals surface area (Å²) < 4.78 is 0. The average Bonchev–Trinajstić information content (AvgIpc) is 3.44. The lowest BCUT2D eigenvalue weighted by molar-refractivity contribution is 0.102. The number of rotatable bonds is 4. The number of phenols is 1. The average molecular weight is 443 g/mol. The van der Waals surface area contributed by atoms with Gasteiger partial charge in [-0.2, -0.15) is 5.21 Å². The summed E-state index contributed by atoms with van der Waals surface area (Å²) in [5.41, 5.74) is 3.18. The zero-order valence-electron chi connectivity index (χ0n) is 16.9. The topological polar surface area (TPSA) is 117 Å². The molecule has 0 spiro atoms. The highest BCUT2D eigenvalue weighted by atomic mass is 32.1.